The fourth-order valence-corrected chi connectivity index (χ4v) is 16.6. The number of methoxy groups -OCH3 is 3. The number of aromatic nitrogens is 10. The summed E-state index contributed by atoms with van der Waals surface area (Å²) >= 11 is 0. The maximum Gasteiger partial charge on any atom is 0.329 e. The molecule has 4 aliphatic heterocycles. The number of benzene rings is 1. The van der Waals surface area contributed by atoms with Crippen LogP contribution in [0.4, 0.5) is 17.8 Å². The van der Waals surface area contributed by atoms with E-state index in [9.17, 15) is 44.4 Å². The number of oxime groups is 1. The molecule has 4 fully saturated rings. The Hall–Kier alpha value is -9.52. The first-order valence-electron chi connectivity index (χ1n) is 41.5. The summed E-state index contributed by atoms with van der Waals surface area (Å²) in [6.45, 7) is 16.4. The second kappa shape index (κ2) is 41.9. The van der Waals surface area contributed by atoms with Gasteiger partial charge in [0.1, 0.15) is 59.1 Å². The standard InChI is InChI=1S/C84H119N17O17/c1-50-18-12-11-13-19-51(2)67(111-8)43-61-24-21-56(7)84(110,118-61)77(107)80(108)99-30-16-14-20-63(99)81(109)116-68(53(4)40-57-22-25-64(102)69(41-57)112-9)44-65(103)52(3)39-55(6)75(106)76(113-10)73(54(5)38-50)95-115-48-59-47-101(96-93-59)60-45-88-83(89-46-60)98-34-32-97(33-35-98)71(105)28-37-114-36-27-70(104)87-29-15-17-31-100-79-72(78(85)90-49-91-79)74(94-100)58-23-26-66-62(42-58)92-82(86)117-66/h11-13,18-19,23,26,39,42,45-47,49-50,52-54,56-57,61,63-65,67-69,75-76,102-103,106,110H,14-17,20-22,24-25,27-38,40-41,43-44,48H2,1-10H3,(H2,86,92)(H,87,104)(H2,85,90,91)/b13-11+,18-12+,51-19+,55-39+,95-73+/t50-,52-,53-,54-,56-,57+,61+,63+,64-,65-,67+,68+,69-,75-,76+,84-/m1/s1. The average Bonchev–Trinajstić information content (AvgIpc) is 1.50. The van der Waals surface area contributed by atoms with Crippen LogP contribution in [0.5, 0.6) is 0 Å². The van der Waals surface area contributed by atoms with Crippen molar-refractivity contribution in [2.75, 3.05) is 90.2 Å². The number of nitrogens with zero attached hydrogens (tertiary/aromatic N) is 14. The number of esters is 1. The lowest BCUT2D eigenvalue weighted by Crippen LogP contribution is -2.61. The van der Waals surface area contributed by atoms with E-state index >= 15 is 0 Å². The Bertz CT molecular complexity index is 4520. The Balaban J connectivity index is 0.686. The van der Waals surface area contributed by atoms with Gasteiger partial charge >= 0.3 is 5.97 Å². The van der Waals surface area contributed by atoms with Crippen molar-refractivity contribution in [3.8, 4) is 16.9 Å². The summed E-state index contributed by atoms with van der Waals surface area (Å²) in [4.78, 5) is 103. The highest BCUT2D eigenvalue weighted by Crippen LogP contribution is 2.40. The van der Waals surface area contributed by atoms with E-state index in [4.69, 9.17) is 59.4 Å². The molecular weight excluding hydrogens is 1520 g/mol. The topological polar surface area (TPSA) is 443 Å². The van der Waals surface area contributed by atoms with E-state index in [2.05, 4.69) is 53.5 Å². The summed E-state index contributed by atoms with van der Waals surface area (Å²) in [6.07, 6.45) is 18.5. The number of aryl methyl sites for hydroxylation is 1. The molecule has 34 nitrogen and oxygen atoms in total. The maximum absolute atomic E-state index is 14.8. The number of carbonyl (C=O) groups excluding carboxylic acids is 5. The third-order valence-electron chi connectivity index (χ3n) is 23.7. The quantitative estimate of drug-likeness (QED) is 0.0107. The zero-order chi connectivity index (χ0) is 84.3. The fraction of sp³-hybridized carbons (Fsp3) is 0.619. The van der Waals surface area contributed by atoms with Gasteiger partial charge in [0.05, 0.1) is 79.8 Å². The number of nitrogen functional groups attached to an aromatic ring is 2. The molecule has 6 aromatic rings. The first kappa shape index (κ1) is 89.3. The summed E-state index contributed by atoms with van der Waals surface area (Å²) in [7, 11) is 4.64. The van der Waals surface area contributed by atoms with E-state index in [-0.39, 0.29) is 106 Å². The van der Waals surface area contributed by atoms with E-state index in [0.717, 1.165) is 11.1 Å². The molecule has 9 N–H and O–H groups in total. The van der Waals surface area contributed by atoms with E-state index in [1.165, 1.54) is 23.0 Å². The van der Waals surface area contributed by atoms with Gasteiger partial charge in [-0.15, -0.1) is 5.10 Å². The van der Waals surface area contributed by atoms with Gasteiger partial charge in [-0.05, 0) is 138 Å². The van der Waals surface area contributed by atoms with Crippen LogP contribution in [0.15, 0.2) is 100 Å². The molecule has 9 heterocycles. The zero-order valence-corrected chi connectivity index (χ0v) is 69.6. The number of anilines is 3. The monoisotopic (exact) mass is 1640 g/mol. The highest BCUT2D eigenvalue weighted by atomic mass is 16.6. The van der Waals surface area contributed by atoms with Gasteiger partial charge in [0, 0.05) is 110 Å². The number of carbonyl (C=O) groups is 5. The number of hydrogen-bond acceptors (Lipinski definition) is 29. The van der Waals surface area contributed by atoms with Crippen LogP contribution in [0.25, 0.3) is 39.1 Å². The lowest BCUT2D eigenvalue weighted by Gasteiger charge is -2.43. The minimum absolute atomic E-state index is 0.0197. The van der Waals surface area contributed by atoms with Crippen LogP contribution in [-0.2, 0) is 70.4 Å². The molecule has 5 aliphatic rings. The van der Waals surface area contributed by atoms with Crippen molar-refractivity contribution >= 4 is 75.1 Å². The van der Waals surface area contributed by atoms with Gasteiger partial charge < -0.3 is 89.6 Å². The van der Waals surface area contributed by atoms with Crippen LogP contribution in [0.3, 0.4) is 0 Å². The largest absolute Gasteiger partial charge is 0.460 e. The molecule has 3 saturated heterocycles. The summed E-state index contributed by atoms with van der Waals surface area (Å²) < 4.78 is 44.9. The second-order valence-electron chi connectivity index (χ2n) is 32.4. The van der Waals surface area contributed by atoms with Gasteiger partial charge in [0.15, 0.2) is 17.8 Å². The molecule has 3 amide bonds. The number of piperidine rings is 1. The second-order valence-corrected chi connectivity index (χ2v) is 32.4. The zero-order valence-electron chi connectivity index (χ0n) is 69.6. The normalized spacial score (nSPS) is 29.3. The number of aliphatic hydroxyl groups is 4. The van der Waals surface area contributed by atoms with E-state index in [1.807, 2.05) is 69.0 Å². The molecule has 2 bridgehead atoms. The molecule has 34 heteroatoms. The molecule has 11 rings (SSSR count). The first-order chi connectivity index (χ1) is 56.7. The molecule has 1 aromatic carbocycles. The van der Waals surface area contributed by atoms with Crippen molar-refractivity contribution in [2.24, 2.45) is 40.7 Å². The molecule has 0 radical (unpaired) electrons. The smallest absolute Gasteiger partial charge is 0.329 e. The highest BCUT2D eigenvalue weighted by molar-refractivity contribution is 6.39. The molecule has 1 saturated carbocycles. The number of fused-ring (bicyclic) bond motifs is 5. The Morgan fingerprint density at radius 3 is 2.37 bits per heavy atom. The SMILES string of the molecule is CO[C@H]1C[C@@H]2CC[C@@H](C)[C@@](O)(O2)C(=O)C(=O)N2CCCC[C@H]2C(=O)O[C@H]([C@H](C)C[C@@H]2CC[C@@H](O)[C@H](OC)C2)C[C@@H](O)[C@H](C)/C=C(\C)[C@@H](O)[C@@H](OC)/C(=N/OCc2cn(-c3cnc(N4CCN(C(=O)CCOCCC(=O)NCCCCn5nc(-c6ccc7oc(N)nc7c6)c6c(N)ncnc65)CC4)nc3)nn2)[C@H](C)C[C@H](C)/C=C/C=C/C=C/1C. The Kier molecular flexibility index (Phi) is 31.7. The average molecular weight is 1640 g/mol. The number of hydrogen-bond donors (Lipinski definition) is 7. The minimum Gasteiger partial charge on any atom is -0.460 e. The van der Waals surface area contributed by atoms with Gasteiger partial charge in [-0.2, -0.15) is 10.1 Å². The van der Waals surface area contributed by atoms with Crippen LogP contribution in [0.1, 0.15) is 157 Å². The summed E-state index contributed by atoms with van der Waals surface area (Å²) in [5.41, 5.74) is 17.9. The lowest BCUT2D eigenvalue weighted by atomic mass is 9.78. The number of amides is 3. The first-order valence-corrected chi connectivity index (χ1v) is 41.5. The Morgan fingerprint density at radius 1 is 0.831 bits per heavy atom. The molecular formula is C84H119N17O17. The van der Waals surface area contributed by atoms with E-state index < -0.39 is 84.1 Å². The lowest BCUT2D eigenvalue weighted by molar-refractivity contribution is -0.265. The molecule has 16 atom stereocenters. The van der Waals surface area contributed by atoms with Gasteiger partial charge in [-0.3, -0.25) is 19.2 Å². The number of ether oxygens (including phenoxy) is 6. The van der Waals surface area contributed by atoms with Crippen molar-refractivity contribution in [3.05, 3.63) is 96.4 Å². The number of cyclic esters (lactones) is 1. The van der Waals surface area contributed by atoms with E-state index in [0.29, 0.717) is 172 Å². The number of aliphatic hydroxyl groups excluding tert-OH is 3. The van der Waals surface area contributed by atoms with Gasteiger partial charge in [-0.1, -0.05) is 81.4 Å². The number of piperazine rings is 1. The molecule has 0 unspecified atom stereocenters. The fourth-order valence-electron chi connectivity index (χ4n) is 16.6. The number of nitrogens with two attached hydrogens (primary N) is 2. The Morgan fingerprint density at radius 2 is 1.61 bits per heavy atom. The van der Waals surface area contributed by atoms with Crippen LogP contribution >= 0.6 is 0 Å². The summed E-state index contributed by atoms with van der Waals surface area (Å²) in [6, 6.07) is 4.37. The van der Waals surface area contributed by atoms with Crippen LogP contribution in [-0.4, -0.2) is 250 Å². The van der Waals surface area contributed by atoms with Crippen LogP contribution in [0, 0.1) is 35.5 Å². The number of unbranched alkanes of at least 4 members (excludes halogenated alkanes) is 1. The number of nitrogens with one attached hydrogen (secondary N) is 1. The predicted octanol–water partition coefficient (Wildman–Crippen LogP) is 7.50. The van der Waals surface area contributed by atoms with Crippen molar-refractivity contribution in [3.63, 3.8) is 0 Å². The van der Waals surface area contributed by atoms with Crippen molar-refractivity contribution in [1.82, 2.24) is 64.8 Å². The summed E-state index contributed by atoms with van der Waals surface area (Å²) in [5.74, 6) is -6.72. The Labute approximate surface area is 688 Å². The van der Waals surface area contributed by atoms with Gasteiger partial charge in [0.25, 0.3) is 17.7 Å². The van der Waals surface area contributed by atoms with Crippen molar-refractivity contribution < 1.29 is 82.1 Å². The third-order valence-corrected chi connectivity index (χ3v) is 23.7. The minimum atomic E-state index is -2.46. The summed E-state index contributed by atoms with van der Waals surface area (Å²) in [5, 5.41) is 69.3. The van der Waals surface area contributed by atoms with E-state index in [1.54, 1.807) is 68.4 Å². The van der Waals surface area contributed by atoms with Gasteiger partial charge in [-0.25, -0.2) is 34.1 Å². The number of rotatable bonds is 23. The number of oxazole rings is 1. The number of Topliss-reactive ketones (excluding diaryl/α,β-unsaturated/α-hetero) is 1. The molecule has 1 aliphatic carbocycles. The highest BCUT2D eigenvalue weighted by Gasteiger charge is 2.53. The number of allylic oxidation sites excluding steroid dienone is 5. The van der Waals surface area contributed by atoms with Crippen LogP contribution in [0.2, 0.25) is 0 Å². The van der Waals surface area contributed by atoms with Crippen LogP contribution < -0.4 is 21.7 Å². The molecule has 118 heavy (non-hydrogen) atoms. The third kappa shape index (κ3) is 22.7. The van der Waals surface area contributed by atoms with Gasteiger partial charge in [0.2, 0.25) is 23.5 Å². The predicted molar refractivity (Wildman–Crippen MR) is 439 cm³/mol. The number of ketones is 1. The maximum atomic E-state index is 14.8. The molecule has 5 aromatic heterocycles. The van der Waals surface area contributed by atoms with Crippen molar-refractivity contribution in [2.45, 2.75) is 225 Å². The molecule has 0 spiro atoms. The molecule has 642 valence electrons. The van der Waals surface area contributed by atoms with Crippen molar-refractivity contribution in [1.29, 1.82) is 0 Å².